The number of fused-ring (bicyclic) bond motifs is 1. The molecule has 0 aliphatic carbocycles. The minimum absolute atomic E-state index is 0.186. The van der Waals surface area contributed by atoms with Crippen molar-refractivity contribution in [3.63, 3.8) is 0 Å². The number of aromatic nitrogens is 2. The first-order valence-electron chi connectivity index (χ1n) is 13.4. The third-order valence-electron chi connectivity index (χ3n) is 6.76. The maximum Gasteiger partial charge on any atom is 0.244 e. The van der Waals surface area contributed by atoms with E-state index in [1.165, 1.54) is 0 Å². The topological polar surface area (TPSA) is 68.5 Å². The standard InChI is InChI=1S/C35H28N4O2/c40-34(22-29-14-9-13-27-12-7-8-17-33(27)29)37-36-23-30-24-39(31-15-5-2-6-16-31)38-35(30)28-18-20-32(21-19-28)41-25-26-10-3-1-4-11-26/h1-21,23-24H,22,25H2,(H,37,40). The lowest BCUT2D eigenvalue weighted by Gasteiger charge is -2.07. The summed E-state index contributed by atoms with van der Waals surface area (Å²) in [5.41, 5.74) is 8.12. The lowest BCUT2D eigenvalue weighted by atomic mass is 10.0. The summed E-state index contributed by atoms with van der Waals surface area (Å²) in [4.78, 5) is 12.8. The van der Waals surface area contributed by atoms with Crippen LogP contribution in [0, 0.1) is 0 Å². The van der Waals surface area contributed by atoms with Gasteiger partial charge in [-0.3, -0.25) is 4.79 Å². The molecule has 1 aromatic heterocycles. The van der Waals surface area contributed by atoms with Crippen LogP contribution in [0.3, 0.4) is 0 Å². The highest BCUT2D eigenvalue weighted by molar-refractivity contribution is 5.92. The second-order valence-corrected chi connectivity index (χ2v) is 9.62. The van der Waals surface area contributed by atoms with Crippen LogP contribution in [0.4, 0.5) is 0 Å². The molecule has 6 rings (SSSR count). The van der Waals surface area contributed by atoms with Crippen molar-refractivity contribution in [3.8, 4) is 22.7 Å². The fraction of sp³-hybridized carbons (Fsp3) is 0.0571. The number of carbonyl (C=O) groups excluding carboxylic acids is 1. The maximum atomic E-state index is 12.8. The Bertz CT molecular complexity index is 1790. The van der Waals surface area contributed by atoms with Gasteiger partial charge in [-0.25, -0.2) is 10.1 Å². The molecule has 41 heavy (non-hydrogen) atoms. The zero-order valence-corrected chi connectivity index (χ0v) is 22.4. The van der Waals surface area contributed by atoms with Crippen LogP contribution in [0.5, 0.6) is 5.75 Å². The number of amides is 1. The number of hydrogen-bond donors (Lipinski definition) is 1. The summed E-state index contributed by atoms with van der Waals surface area (Å²) in [6.45, 7) is 0.499. The summed E-state index contributed by atoms with van der Waals surface area (Å²) < 4.78 is 7.77. The lowest BCUT2D eigenvalue weighted by molar-refractivity contribution is -0.120. The number of rotatable bonds is 9. The Hall–Kier alpha value is -5.49. The van der Waals surface area contributed by atoms with Gasteiger partial charge in [-0.15, -0.1) is 0 Å². The molecule has 0 unspecified atom stereocenters. The molecule has 1 heterocycles. The van der Waals surface area contributed by atoms with E-state index < -0.39 is 0 Å². The van der Waals surface area contributed by atoms with Crippen LogP contribution in [0.1, 0.15) is 16.7 Å². The van der Waals surface area contributed by atoms with Gasteiger partial charge in [0.15, 0.2) is 0 Å². The summed E-state index contributed by atoms with van der Waals surface area (Å²) in [5, 5.41) is 11.3. The number of carbonyl (C=O) groups is 1. The van der Waals surface area contributed by atoms with Crippen LogP contribution in [0.2, 0.25) is 0 Å². The van der Waals surface area contributed by atoms with Gasteiger partial charge in [0.2, 0.25) is 5.91 Å². The van der Waals surface area contributed by atoms with E-state index in [4.69, 9.17) is 9.84 Å². The Morgan fingerprint density at radius 1 is 0.805 bits per heavy atom. The van der Waals surface area contributed by atoms with E-state index >= 15 is 0 Å². The van der Waals surface area contributed by atoms with E-state index in [0.29, 0.717) is 6.61 Å². The Kier molecular flexibility index (Phi) is 7.63. The minimum atomic E-state index is -0.186. The van der Waals surface area contributed by atoms with Crippen molar-refractivity contribution < 1.29 is 9.53 Å². The number of nitrogens with one attached hydrogen (secondary N) is 1. The van der Waals surface area contributed by atoms with Crippen LogP contribution >= 0.6 is 0 Å². The van der Waals surface area contributed by atoms with Gasteiger partial charge in [0.25, 0.3) is 0 Å². The number of nitrogens with zero attached hydrogens (tertiary/aromatic N) is 3. The Morgan fingerprint density at radius 3 is 2.32 bits per heavy atom. The van der Waals surface area contributed by atoms with Gasteiger partial charge in [-0.2, -0.15) is 10.2 Å². The normalized spacial score (nSPS) is 11.1. The molecule has 0 radical (unpaired) electrons. The van der Waals surface area contributed by atoms with Crippen LogP contribution in [0.15, 0.2) is 139 Å². The van der Waals surface area contributed by atoms with Crippen molar-refractivity contribution in [3.05, 3.63) is 150 Å². The molecule has 0 bridgehead atoms. The fourth-order valence-electron chi connectivity index (χ4n) is 4.70. The predicted octanol–water partition coefficient (Wildman–Crippen LogP) is 6.96. The molecule has 0 atom stereocenters. The molecule has 6 aromatic rings. The highest BCUT2D eigenvalue weighted by Gasteiger charge is 2.12. The first kappa shape index (κ1) is 25.8. The molecular weight excluding hydrogens is 508 g/mol. The molecule has 0 spiro atoms. The summed E-state index contributed by atoms with van der Waals surface area (Å²) in [5.74, 6) is 0.588. The molecule has 1 amide bonds. The second-order valence-electron chi connectivity index (χ2n) is 9.62. The van der Waals surface area contributed by atoms with Crippen LogP contribution in [-0.2, 0) is 17.8 Å². The quantitative estimate of drug-likeness (QED) is 0.160. The van der Waals surface area contributed by atoms with Gasteiger partial charge in [0.05, 0.1) is 18.3 Å². The molecule has 6 nitrogen and oxygen atoms in total. The van der Waals surface area contributed by atoms with E-state index in [1.54, 1.807) is 6.21 Å². The van der Waals surface area contributed by atoms with Gasteiger partial charge < -0.3 is 4.74 Å². The number of benzene rings is 5. The van der Waals surface area contributed by atoms with Gasteiger partial charge in [-0.05, 0) is 58.3 Å². The van der Waals surface area contributed by atoms with Crippen molar-refractivity contribution in [2.45, 2.75) is 13.0 Å². The van der Waals surface area contributed by atoms with Gasteiger partial charge >= 0.3 is 0 Å². The van der Waals surface area contributed by atoms with E-state index in [0.717, 1.165) is 50.2 Å². The fourth-order valence-corrected chi connectivity index (χ4v) is 4.70. The van der Waals surface area contributed by atoms with E-state index in [1.807, 2.05) is 138 Å². The molecule has 5 aromatic carbocycles. The number of hydrogen-bond acceptors (Lipinski definition) is 4. The maximum absolute atomic E-state index is 12.8. The Morgan fingerprint density at radius 2 is 1.51 bits per heavy atom. The van der Waals surface area contributed by atoms with Crippen LogP contribution in [0.25, 0.3) is 27.7 Å². The molecule has 0 fully saturated rings. The first-order chi connectivity index (χ1) is 20.2. The second kappa shape index (κ2) is 12.1. The van der Waals surface area contributed by atoms with Crippen molar-refractivity contribution in [2.24, 2.45) is 5.10 Å². The van der Waals surface area contributed by atoms with Crippen molar-refractivity contribution >= 4 is 22.9 Å². The number of ether oxygens (including phenoxy) is 1. The predicted molar refractivity (Wildman–Crippen MR) is 163 cm³/mol. The molecule has 0 aliphatic heterocycles. The van der Waals surface area contributed by atoms with Gasteiger partial charge in [0, 0.05) is 17.3 Å². The SMILES string of the molecule is O=C(Cc1cccc2ccccc12)NN=Cc1cn(-c2ccccc2)nc1-c1ccc(OCc2ccccc2)cc1. The van der Waals surface area contributed by atoms with Crippen molar-refractivity contribution in [1.82, 2.24) is 15.2 Å². The van der Waals surface area contributed by atoms with E-state index in [2.05, 4.69) is 10.5 Å². The van der Waals surface area contributed by atoms with E-state index in [9.17, 15) is 4.79 Å². The lowest BCUT2D eigenvalue weighted by Crippen LogP contribution is -2.19. The smallest absolute Gasteiger partial charge is 0.244 e. The third-order valence-corrected chi connectivity index (χ3v) is 6.76. The monoisotopic (exact) mass is 536 g/mol. The van der Waals surface area contributed by atoms with Crippen LogP contribution in [-0.4, -0.2) is 21.9 Å². The van der Waals surface area contributed by atoms with Crippen molar-refractivity contribution in [1.29, 1.82) is 0 Å². The Labute approximate surface area is 238 Å². The average Bonchev–Trinajstić information content (AvgIpc) is 3.45. The number of para-hydroxylation sites is 1. The zero-order valence-electron chi connectivity index (χ0n) is 22.4. The highest BCUT2D eigenvalue weighted by Crippen LogP contribution is 2.25. The van der Waals surface area contributed by atoms with Crippen molar-refractivity contribution in [2.75, 3.05) is 0 Å². The molecule has 1 N–H and O–H groups in total. The van der Waals surface area contributed by atoms with Gasteiger partial charge in [-0.1, -0.05) is 91.0 Å². The molecule has 0 aliphatic rings. The molecule has 0 saturated heterocycles. The molecule has 0 saturated carbocycles. The third kappa shape index (κ3) is 6.23. The van der Waals surface area contributed by atoms with E-state index in [-0.39, 0.29) is 12.3 Å². The number of hydrazone groups is 1. The average molecular weight is 537 g/mol. The molecular formula is C35H28N4O2. The highest BCUT2D eigenvalue weighted by atomic mass is 16.5. The zero-order chi connectivity index (χ0) is 27.9. The summed E-state index contributed by atoms with van der Waals surface area (Å²) in [6.07, 6.45) is 3.78. The largest absolute Gasteiger partial charge is 0.489 e. The molecule has 200 valence electrons. The Balaban J connectivity index is 1.20. The summed E-state index contributed by atoms with van der Waals surface area (Å²) in [7, 11) is 0. The molecule has 6 heteroatoms. The summed E-state index contributed by atoms with van der Waals surface area (Å²) in [6, 6.07) is 41.8. The van der Waals surface area contributed by atoms with Gasteiger partial charge in [0.1, 0.15) is 18.1 Å². The summed E-state index contributed by atoms with van der Waals surface area (Å²) >= 11 is 0. The van der Waals surface area contributed by atoms with Crippen LogP contribution < -0.4 is 10.2 Å². The first-order valence-corrected chi connectivity index (χ1v) is 13.4. The minimum Gasteiger partial charge on any atom is -0.489 e.